The minimum atomic E-state index is -3.33. The zero-order chi connectivity index (χ0) is 16.8. The Morgan fingerprint density at radius 1 is 1.43 bits per heavy atom. The molecule has 23 heavy (non-hydrogen) atoms. The quantitative estimate of drug-likeness (QED) is 0.766. The van der Waals surface area contributed by atoms with Gasteiger partial charge in [-0.25, -0.2) is 8.42 Å². The normalized spacial score (nSPS) is 28.6. The molecule has 1 aliphatic carbocycles. The molecule has 0 unspecified atom stereocenters. The summed E-state index contributed by atoms with van der Waals surface area (Å²) in [5.41, 5.74) is 5.88. The lowest BCUT2D eigenvalue weighted by molar-refractivity contribution is 0.166. The molecule has 1 aromatic carbocycles. The van der Waals surface area contributed by atoms with E-state index >= 15 is 0 Å². The van der Waals surface area contributed by atoms with Crippen molar-refractivity contribution >= 4 is 27.0 Å². The molecule has 126 valence electrons. The molecule has 0 aromatic heterocycles. The summed E-state index contributed by atoms with van der Waals surface area (Å²) in [4.78, 5) is 0.170. The zero-order valence-electron chi connectivity index (χ0n) is 12.9. The molecule has 1 saturated carbocycles. The lowest BCUT2D eigenvalue weighted by Crippen LogP contribution is -2.33. The third kappa shape index (κ3) is 2.40. The van der Waals surface area contributed by atoms with Crippen molar-refractivity contribution in [1.82, 2.24) is 0 Å². The van der Waals surface area contributed by atoms with Gasteiger partial charge in [-0.1, -0.05) is 25.2 Å². The topological polar surface area (TPSA) is 87.9 Å². The fraction of sp³-hybridized carbons (Fsp3) is 0.533. The molecule has 1 heterocycles. The summed E-state index contributed by atoms with van der Waals surface area (Å²) in [5.74, 6) is 0.958. The highest BCUT2D eigenvalue weighted by molar-refractivity contribution is 7.92. The van der Waals surface area contributed by atoms with Gasteiger partial charge < -0.3 is 19.9 Å². The van der Waals surface area contributed by atoms with Crippen molar-refractivity contribution in [2.45, 2.75) is 18.1 Å². The van der Waals surface area contributed by atoms with Crippen LogP contribution >= 0.6 is 12.2 Å². The highest BCUT2D eigenvalue weighted by Gasteiger charge is 2.72. The maximum absolute atomic E-state index is 12.5. The molecule has 8 heteroatoms. The molecule has 1 aromatic rings. The third-order valence-electron chi connectivity index (χ3n) is 4.64. The summed E-state index contributed by atoms with van der Waals surface area (Å²) in [5, 5.41) is -0.669. The minimum Gasteiger partial charge on any atom is -0.454 e. The molecule has 6 nitrogen and oxygen atoms in total. The van der Waals surface area contributed by atoms with Crippen LogP contribution in [0.25, 0.3) is 0 Å². The van der Waals surface area contributed by atoms with E-state index in [9.17, 15) is 8.42 Å². The van der Waals surface area contributed by atoms with Crippen LogP contribution in [0.3, 0.4) is 0 Å². The average Bonchev–Trinajstić information content (AvgIpc) is 2.99. The third-order valence-corrected chi connectivity index (χ3v) is 7.29. The number of fused-ring (bicyclic) bond motifs is 1. The van der Waals surface area contributed by atoms with Crippen LogP contribution < -0.4 is 15.2 Å². The Kier molecular flexibility index (Phi) is 4.02. The second-order valence-corrected chi connectivity index (χ2v) is 8.65. The van der Waals surface area contributed by atoms with Gasteiger partial charge in [-0.05, 0) is 17.7 Å². The summed E-state index contributed by atoms with van der Waals surface area (Å²) >= 11 is 5.21. The van der Waals surface area contributed by atoms with E-state index in [0.29, 0.717) is 11.5 Å². The Morgan fingerprint density at radius 2 is 2.13 bits per heavy atom. The van der Waals surface area contributed by atoms with Crippen LogP contribution in [-0.4, -0.2) is 44.9 Å². The maximum Gasteiger partial charge on any atom is 0.231 e. The molecule has 2 N–H and O–H groups in total. The Balaban J connectivity index is 2.06. The second-order valence-electron chi connectivity index (χ2n) is 5.80. The van der Waals surface area contributed by atoms with Crippen LogP contribution in [0.4, 0.5) is 0 Å². The Labute approximate surface area is 140 Å². The predicted molar refractivity (Wildman–Crippen MR) is 89.6 cm³/mol. The summed E-state index contributed by atoms with van der Waals surface area (Å²) in [6, 6.07) is 5.43. The lowest BCUT2D eigenvalue weighted by Gasteiger charge is -2.15. The number of nitrogens with two attached hydrogens (primary N) is 1. The minimum absolute atomic E-state index is 0.0345. The summed E-state index contributed by atoms with van der Waals surface area (Å²) in [6.07, 6.45) is 0. The van der Waals surface area contributed by atoms with E-state index < -0.39 is 20.5 Å². The first-order chi connectivity index (χ1) is 10.9. The van der Waals surface area contributed by atoms with Gasteiger partial charge in [0.1, 0.15) is 0 Å². The summed E-state index contributed by atoms with van der Waals surface area (Å²) < 4.78 is 41.0. The second kappa shape index (κ2) is 5.61. The standard InChI is InChI=1S/C15H19NO5S2/c1-3-23(17,18)13-12(15(13,7-19-2)14(16)22)9-4-5-10-11(6-9)21-8-20-10/h4-6,12-13H,3,7-8H2,1-2H3,(H2,16,22)/t12-,13+,15+/m0/s1. The molecule has 0 bridgehead atoms. The van der Waals surface area contributed by atoms with Gasteiger partial charge in [0.2, 0.25) is 6.79 Å². The highest BCUT2D eigenvalue weighted by atomic mass is 32.2. The number of rotatable bonds is 6. The van der Waals surface area contributed by atoms with Crippen LogP contribution in [-0.2, 0) is 14.6 Å². The van der Waals surface area contributed by atoms with Crippen molar-refractivity contribution in [1.29, 1.82) is 0 Å². The van der Waals surface area contributed by atoms with Crippen molar-refractivity contribution in [3.8, 4) is 11.5 Å². The molecular weight excluding hydrogens is 338 g/mol. The van der Waals surface area contributed by atoms with Crippen molar-refractivity contribution in [2.75, 3.05) is 26.3 Å². The van der Waals surface area contributed by atoms with Gasteiger partial charge >= 0.3 is 0 Å². The van der Waals surface area contributed by atoms with E-state index in [1.54, 1.807) is 19.1 Å². The fourth-order valence-electron chi connectivity index (χ4n) is 3.47. The van der Waals surface area contributed by atoms with E-state index in [4.69, 9.17) is 32.2 Å². The molecule has 0 amide bonds. The number of hydrogen-bond donors (Lipinski definition) is 1. The van der Waals surface area contributed by atoms with Crippen LogP contribution in [0.1, 0.15) is 18.4 Å². The Hall–Kier alpha value is -1.38. The number of sulfone groups is 1. The monoisotopic (exact) mass is 357 g/mol. The van der Waals surface area contributed by atoms with E-state index in [2.05, 4.69) is 0 Å². The Bertz CT molecular complexity index is 748. The summed E-state index contributed by atoms with van der Waals surface area (Å²) in [7, 11) is -1.81. The van der Waals surface area contributed by atoms with E-state index in [1.165, 1.54) is 7.11 Å². The number of thiocarbonyl (C=S) groups is 1. The van der Waals surface area contributed by atoms with Gasteiger partial charge in [-0.2, -0.15) is 0 Å². The molecule has 1 aliphatic heterocycles. The average molecular weight is 357 g/mol. The first-order valence-electron chi connectivity index (χ1n) is 7.28. The van der Waals surface area contributed by atoms with E-state index in [0.717, 1.165) is 5.56 Å². The van der Waals surface area contributed by atoms with Gasteiger partial charge in [0.25, 0.3) is 0 Å². The summed E-state index contributed by atoms with van der Waals surface area (Å²) in [6.45, 7) is 1.96. The largest absolute Gasteiger partial charge is 0.454 e. The smallest absolute Gasteiger partial charge is 0.231 e. The van der Waals surface area contributed by atoms with Crippen molar-refractivity contribution in [3.63, 3.8) is 0 Å². The SMILES string of the molecule is CCS(=O)(=O)[C@@H]1[C@H](c2ccc3c(c2)OCO3)[C@@]1(COC)C(N)=S. The predicted octanol–water partition coefficient (Wildman–Crippen LogP) is 1.23. The lowest BCUT2D eigenvalue weighted by atomic mass is 9.99. The van der Waals surface area contributed by atoms with Gasteiger partial charge in [0, 0.05) is 18.8 Å². The van der Waals surface area contributed by atoms with E-state index in [1.807, 2.05) is 6.07 Å². The molecule has 0 saturated heterocycles. The highest BCUT2D eigenvalue weighted by Crippen LogP contribution is 2.64. The van der Waals surface area contributed by atoms with Gasteiger partial charge in [0.05, 0.1) is 22.3 Å². The van der Waals surface area contributed by atoms with Crippen molar-refractivity contribution < 1.29 is 22.6 Å². The molecule has 3 rings (SSSR count). The fourth-order valence-corrected chi connectivity index (χ4v) is 5.93. The van der Waals surface area contributed by atoms with Crippen molar-refractivity contribution in [3.05, 3.63) is 23.8 Å². The Morgan fingerprint density at radius 3 is 2.74 bits per heavy atom. The first-order valence-corrected chi connectivity index (χ1v) is 9.40. The van der Waals surface area contributed by atoms with E-state index in [-0.39, 0.29) is 30.1 Å². The molecule has 3 atom stereocenters. The van der Waals surface area contributed by atoms with Crippen LogP contribution in [0, 0.1) is 5.41 Å². The van der Waals surface area contributed by atoms with Gasteiger partial charge in [0.15, 0.2) is 21.3 Å². The maximum atomic E-state index is 12.5. The van der Waals surface area contributed by atoms with Crippen molar-refractivity contribution in [2.24, 2.45) is 11.1 Å². The zero-order valence-corrected chi connectivity index (χ0v) is 14.6. The number of ether oxygens (including phenoxy) is 3. The molecule has 0 spiro atoms. The van der Waals surface area contributed by atoms with Crippen LogP contribution in [0.5, 0.6) is 11.5 Å². The first kappa shape index (κ1) is 16.5. The van der Waals surface area contributed by atoms with Gasteiger partial charge in [-0.15, -0.1) is 0 Å². The van der Waals surface area contributed by atoms with Crippen LogP contribution in [0.2, 0.25) is 0 Å². The number of methoxy groups -OCH3 is 1. The number of hydrogen-bond acceptors (Lipinski definition) is 6. The molecule has 2 aliphatic rings. The molecular formula is C15H19NO5S2. The van der Waals surface area contributed by atoms with Crippen LogP contribution in [0.15, 0.2) is 18.2 Å². The molecule has 0 radical (unpaired) electrons. The van der Waals surface area contributed by atoms with Gasteiger partial charge in [-0.3, -0.25) is 0 Å². The number of benzene rings is 1. The molecule has 1 fully saturated rings.